The van der Waals surface area contributed by atoms with Gasteiger partial charge in [-0.05, 0) is 30.9 Å². The third-order valence-electron chi connectivity index (χ3n) is 4.01. The van der Waals surface area contributed by atoms with Crippen molar-refractivity contribution >= 4 is 5.91 Å². The van der Waals surface area contributed by atoms with Gasteiger partial charge in [0, 0.05) is 13.0 Å². The second kappa shape index (κ2) is 7.29. The van der Waals surface area contributed by atoms with E-state index in [0.717, 1.165) is 37.8 Å². The molecule has 4 heteroatoms. The van der Waals surface area contributed by atoms with E-state index in [1.807, 2.05) is 17.0 Å². The fraction of sp³-hybridized carbons (Fsp3) is 0.562. The number of para-hydroxylation sites is 1. The van der Waals surface area contributed by atoms with Crippen LogP contribution in [0.4, 0.5) is 0 Å². The number of rotatable bonds is 4. The Morgan fingerprint density at radius 2 is 2.05 bits per heavy atom. The minimum Gasteiger partial charge on any atom is -0.508 e. The molecule has 1 aliphatic rings. The predicted octanol–water partition coefficient (Wildman–Crippen LogP) is 2.09. The van der Waals surface area contributed by atoms with Crippen molar-refractivity contribution in [1.82, 2.24) is 4.90 Å². The smallest absolute Gasteiger partial charge is 0.223 e. The molecular weight excluding hydrogens is 254 g/mol. The van der Waals surface area contributed by atoms with E-state index in [1.165, 1.54) is 0 Å². The maximum atomic E-state index is 12.3. The first-order valence-electron chi connectivity index (χ1n) is 7.39. The van der Waals surface area contributed by atoms with Crippen molar-refractivity contribution in [3.05, 3.63) is 29.8 Å². The largest absolute Gasteiger partial charge is 0.508 e. The van der Waals surface area contributed by atoms with Crippen molar-refractivity contribution in [1.29, 1.82) is 0 Å². The Morgan fingerprint density at radius 1 is 1.25 bits per heavy atom. The van der Waals surface area contributed by atoms with Gasteiger partial charge in [-0.2, -0.15) is 0 Å². The van der Waals surface area contributed by atoms with E-state index < -0.39 is 0 Å². The van der Waals surface area contributed by atoms with Crippen molar-refractivity contribution in [2.45, 2.75) is 44.6 Å². The standard InChI is InChI=1S/C16H23NO3/c18-12-14-7-2-1-5-11-17(14)16(20)10-9-13-6-3-4-8-15(13)19/h3-4,6,8,14,18-19H,1-2,5,7,9-12H2. The first-order valence-corrected chi connectivity index (χ1v) is 7.39. The molecule has 4 nitrogen and oxygen atoms in total. The topological polar surface area (TPSA) is 60.8 Å². The summed E-state index contributed by atoms with van der Waals surface area (Å²) in [5.41, 5.74) is 0.802. The van der Waals surface area contributed by atoms with E-state index in [0.29, 0.717) is 12.8 Å². The zero-order valence-electron chi connectivity index (χ0n) is 11.8. The first kappa shape index (κ1) is 14.9. The lowest BCUT2D eigenvalue weighted by molar-refractivity contribution is -0.134. The molecule has 1 unspecified atom stereocenters. The summed E-state index contributed by atoms with van der Waals surface area (Å²) >= 11 is 0. The SMILES string of the molecule is O=C(CCc1ccccc1O)N1CCCCCC1CO. The summed E-state index contributed by atoms with van der Waals surface area (Å²) in [5.74, 6) is 0.323. The maximum Gasteiger partial charge on any atom is 0.223 e. The van der Waals surface area contributed by atoms with Gasteiger partial charge in [0.05, 0.1) is 12.6 Å². The molecule has 0 bridgehead atoms. The van der Waals surface area contributed by atoms with E-state index in [4.69, 9.17) is 0 Å². The van der Waals surface area contributed by atoms with Crippen LogP contribution in [-0.2, 0) is 11.2 Å². The highest BCUT2D eigenvalue weighted by atomic mass is 16.3. The lowest BCUT2D eigenvalue weighted by Crippen LogP contribution is -2.42. The van der Waals surface area contributed by atoms with Gasteiger partial charge in [-0.3, -0.25) is 4.79 Å². The van der Waals surface area contributed by atoms with Crippen LogP contribution < -0.4 is 0 Å². The summed E-state index contributed by atoms with van der Waals surface area (Å²) in [5, 5.41) is 19.1. The molecule has 0 saturated carbocycles. The van der Waals surface area contributed by atoms with Gasteiger partial charge in [-0.15, -0.1) is 0 Å². The number of aliphatic hydroxyl groups excluding tert-OH is 1. The molecule has 1 amide bonds. The average molecular weight is 277 g/mol. The number of aryl methyl sites for hydroxylation is 1. The van der Waals surface area contributed by atoms with Gasteiger partial charge in [0.1, 0.15) is 5.75 Å². The molecule has 1 saturated heterocycles. The molecule has 0 aliphatic carbocycles. The number of aliphatic hydroxyl groups is 1. The Labute approximate surface area is 120 Å². The number of benzene rings is 1. The van der Waals surface area contributed by atoms with Crippen LogP contribution in [0.15, 0.2) is 24.3 Å². The van der Waals surface area contributed by atoms with Crippen molar-refractivity contribution in [2.75, 3.05) is 13.2 Å². The summed E-state index contributed by atoms with van der Waals surface area (Å²) < 4.78 is 0. The number of phenolic OH excluding ortho intramolecular Hbond substituents is 1. The second-order valence-electron chi connectivity index (χ2n) is 5.40. The van der Waals surface area contributed by atoms with Crippen molar-refractivity contribution in [3.63, 3.8) is 0 Å². The van der Waals surface area contributed by atoms with Gasteiger partial charge >= 0.3 is 0 Å². The van der Waals surface area contributed by atoms with Crippen LogP contribution in [0.25, 0.3) is 0 Å². The molecule has 0 radical (unpaired) electrons. The van der Waals surface area contributed by atoms with Crippen LogP contribution >= 0.6 is 0 Å². The molecule has 1 fully saturated rings. The Morgan fingerprint density at radius 3 is 2.80 bits per heavy atom. The number of likely N-dealkylation sites (tertiary alicyclic amines) is 1. The Balaban J connectivity index is 1.94. The number of phenols is 1. The van der Waals surface area contributed by atoms with Gasteiger partial charge < -0.3 is 15.1 Å². The number of aromatic hydroxyl groups is 1. The monoisotopic (exact) mass is 277 g/mol. The van der Waals surface area contributed by atoms with Crippen LogP contribution in [0.5, 0.6) is 5.75 Å². The molecule has 1 heterocycles. The molecule has 1 aliphatic heterocycles. The van der Waals surface area contributed by atoms with Crippen LogP contribution in [0, 0.1) is 0 Å². The molecule has 1 aromatic rings. The van der Waals surface area contributed by atoms with Crippen molar-refractivity contribution < 1.29 is 15.0 Å². The highest BCUT2D eigenvalue weighted by molar-refractivity contribution is 5.77. The number of amides is 1. The van der Waals surface area contributed by atoms with Crippen molar-refractivity contribution in [2.24, 2.45) is 0 Å². The summed E-state index contributed by atoms with van der Waals surface area (Å²) in [6, 6.07) is 7.09. The summed E-state index contributed by atoms with van der Waals surface area (Å²) in [6.07, 6.45) is 5.03. The van der Waals surface area contributed by atoms with E-state index in [1.54, 1.807) is 12.1 Å². The predicted molar refractivity (Wildman–Crippen MR) is 77.5 cm³/mol. The number of nitrogens with zero attached hydrogens (tertiary/aromatic N) is 1. The van der Waals surface area contributed by atoms with Crippen LogP contribution in [0.1, 0.15) is 37.7 Å². The molecule has 1 atom stereocenters. The van der Waals surface area contributed by atoms with Crippen molar-refractivity contribution in [3.8, 4) is 5.75 Å². The van der Waals surface area contributed by atoms with Gasteiger partial charge in [0.2, 0.25) is 5.91 Å². The highest BCUT2D eigenvalue weighted by Crippen LogP contribution is 2.20. The molecule has 0 aromatic heterocycles. The number of carbonyl (C=O) groups is 1. The Bertz CT molecular complexity index is 447. The minimum atomic E-state index is -0.0330. The van der Waals surface area contributed by atoms with Gasteiger partial charge in [-0.25, -0.2) is 0 Å². The molecule has 20 heavy (non-hydrogen) atoms. The van der Waals surface area contributed by atoms with Gasteiger partial charge in [-0.1, -0.05) is 31.0 Å². The Kier molecular flexibility index (Phi) is 5.41. The summed E-state index contributed by atoms with van der Waals surface area (Å²) in [4.78, 5) is 14.2. The highest BCUT2D eigenvalue weighted by Gasteiger charge is 2.24. The number of hydrogen-bond acceptors (Lipinski definition) is 3. The van der Waals surface area contributed by atoms with Crippen LogP contribution in [-0.4, -0.2) is 40.2 Å². The zero-order chi connectivity index (χ0) is 14.4. The molecule has 2 rings (SSSR count). The number of carbonyl (C=O) groups excluding carboxylic acids is 1. The normalized spacial score (nSPS) is 19.6. The third-order valence-corrected chi connectivity index (χ3v) is 4.01. The van der Waals surface area contributed by atoms with E-state index >= 15 is 0 Å². The van der Waals surface area contributed by atoms with Gasteiger partial charge in [0.15, 0.2) is 0 Å². The second-order valence-corrected chi connectivity index (χ2v) is 5.40. The molecule has 110 valence electrons. The van der Waals surface area contributed by atoms with Crippen LogP contribution in [0.3, 0.4) is 0 Å². The number of hydrogen-bond donors (Lipinski definition) is 2. The third kappa shape index (κ3) is 3.73. The molecule has 1 aromatic carbocycles. The zero-order valence-corrected chi connectivity index (χ0v) is 11.8. The summed E-state index contributed by atoms with van der Waals surface area (Å²) in [7, 11) is 0. The minimum absolute atomic E-state index is 0.0330. The van der Waals surface area contributed by atoms with E-state index in [2.05, 4.69) is 0 Å². The lowest BCUT2D eigenvalue weighted by Gasteiger charge is -2.28. The van der Waals surface area contributed by atoms with E-state index in [9.17, 15) is 15.0 Å². The fourth-order valence-electron chi connectivity index (χ4n) is 2.80. The first-order chi connectivity index (χ1) is 9.72. The van der Waals surface area contributed by atoms with E-state index in [-0.39, 0.29) is 24.3 Å². The Hall–Kier alpha value is -1.55. The van der Waals surface area contributed by atoms with Gasteiger partial charge in [0.25, 0.3) is 0 Å². The average Bonchev–Trinajstić information content (AvgIpc) is 2.71. The lowest BCUT2D eigenvalue weighted by atomic mass is 10.1. The molecule has 0 spiro atoms. The maximum absolute atomic E-state index is 12.3. The molecule has 2 N–H and O–H groups in total. The summed E-state index contributed by atoms with van der Waals surface area (Å²) in [6.45, 7) is 0.785. The molecular formula is C16H23NO3. The fourth-order valence-corrected chi connectivity index (χ4v) is 2.80. The van der Waals surface area contributed by atoms with Crippen LogP contribution in [0.2, 0.25) is 0 Å². The quantitative estimate of drug-likeness (QED) is 0.886.